The van der Waals surface area contributed by atoms with Gasteiger partial charge in [-0.2, -0.15) is 0 Å². The summed E-state index contributed by atoms with van der Waals surface area (Å²) in [6, 6.07) is 9.54. The quantitative estimate of drug-likeness (QED) is 0.639. The van der Waals surface area contributed by atoms with Crippen LogP contribution in [0.25, 0.3) is 0 Å². The SMILES string of the molecule is Cc1ccc(Nc2ccc(C(=O)O)c([N+](=O)[O-])c2)c(Br)c1. The molecule has 108 valence electrons. The molecule has 0 saturated heterocycles. The van der Waals surface area contributed by atoms with Crippen LogP contribution in [0.5, 0.6) is 0 Å². The van der Waals surface area contributed by atoms with Crippen LogP contribution in [0.2, 0.25) is 0 Å². The number of nitrogens with zero attached hydrogens (tertiary/aromatic N) is 1. The van der Waals surface area contributed by atoms with Crippen LogP contribution >= 0.6 is 15.9 Å². The van der Waals surface area contributed by atoms with Crippen molar-refractivity contribution in [1.82, 2.24) is 0 Å². The zero-order chi connectivity index (χ0) is 15.6. The van der Waals surface area contributed by atoms with Gasteiger partial charge < -0.3 is 10.4 Å². The summed E-state index contributed by atoms with van der Waals surface area (Å²) in [6.45, 7) is 1.95. The molecule has 0 bridgehead atoms. The van der Waals surface area contributed by atoms with E-state index in [2.05, 4.69) is 21.2 Å². The zero-order valence-corrected chi connectivity index (χ0v) is 12.5. The van der Waals surface area contributed by atoms with Crippen molar-refractivity contribution in [3.05, 3.63) is 62.1 Å². The second-order valence-corrected chi connectivity index (χ2v) is 5.26. The van der Waals surface area contributed by atoms with Crippen molar-refractivity contribution in [2.45, 2.75) is 6.92 Å². The fraction of sp³-hybridized carbons (Fsp3) is 0.0714. The zero-order valence-electron chi connectivity index (χ0n) is 11.0. The number of hydrogen-bond acceptors (Lipinski definition) is 4. The minimum Gasteiger partial charge on any atom is -0.477 e. The number of anilines is 2. The van der Waals surface area contributed by atoms with Crippen molar-refractivity contribution in [3.63, 3.8) is 0 Å². The van der Waals surface area contributed by atoms with Crippen molar-refractivity contribution in [2.24, 2.45) is 0 Å². The second kappa shape index (κ2) is 5.92. The van der Waals surface area contributed by atoms with Gasteiger partial charge >= 0.3 is 5.97 Å². The summed E-state index contributed by atoms with van der Waals surface area (Å²) < 4.78 is 0.812. The molecule has 0 amide bonds. The summed E-state index contributed by atoms with van der Waals surface area (Å²) >= 11 is 3.40. The summed E-state index contributed by atoms with van der Waals surface area (Å²) in [6.07, 6.45) is 0. The van der Waals surface area contributed by atoms with Gasteiger partial charge in [0.25, 0.3) is 5.69 Å². The fourth-order valence-corrected chi connectivity index (χ4v) is 2.41. The normalized spacial score (nSPS) is 10.2. The van der Waals surface area contributed by atoms with E-state index in [1.54, 1.807) is 0 Å². The van der Waals surface area contributed by atoms with Gasteiger partial charge in [-0.3, -0.25) is 10.1 Å². The number of nitro benzene ring substituents is 1. The van der Waals surface area contributed by atoms with Gasteiger partial charge in [-0.15, -0.1) is 0 Å². The first-order valence-electron chi connectivity index (χ1n) is 5.93. The van der Waals surface area contributed by atoms with E-state index in [1.807, 2.05) is 25.1 Å². The fourth-order valence-electron chi connectivity index (χ4n) is 1.82. The Morgan fingerprint density at radius 2 is 2.00 bits per heavy atom. The van der Waals surface area contributed by atoms with Gasteiger partial charge in [0.1, 0.15) is 5.56 Å². The van der Waals surface area contributed by atoms with Gasteiger partial charge in [-0.1, -0.05) is 6.07 Å². The van der Waals surface area contributed by atoms with Crippen LogP contribution in [0.1, 0.15) is 15.9 Å². The highest BCUT2D eigenvalue weighted by Crippen LogP contribution is 2.29. The lowest BCUT2D eigenvalue weighted by Gasteiger charge is -2.10. The summed E-state index contributed by atoms with van der Waals surface area (Å²) in [5.41, 5.74) is 1.46. The van der Waals surface area contributed by atoms with Gasteiger partial charge in [-0.05, 0) is 52.7 Å². The van der Waals surface area contributed by atoms with Crippen LogP contribution in [-0.2, 0) is 0 Å². The smallest absolute Gasteiger partial charge is 0.342 e. The first-order valence-corrected chi connectivity index (χ1v) is 6.72. The minimum absolute atomic E-state index is 0.339. The van der Waals surface area contributed by atoms with Gasteiger partial charge in [0.15, 0.2) is 0 Å². The van der Waals surface area contributed by atoms with Crippen molar-refractivity contribution in [2.75, 3.05) is 5.32 Å². The van der Waals surface area contributed by atoms with Gasteiger partial charge in [0.05, 0.1) is 10.6 Å². The maximum Gasteiger partial charge on any atom is 0.342 e. The molecule has 0 heterocycles. The van der Waals surface area contributed by atoms with E-state index >= 15 is 0 Å². The lowest BCUT2D eigenvalue weighted by atomic mass is 10.1. The van der Waals surface area contributed by atoms with E-state index in [0.717, 1.165) is 15.7 Å². The standard InChI is InChI=1S/C14H11BrN2O4/c1-8-2-5-12(11(15)6-8)16-9-3-4-10(14(18)19)13(7-9)17(20)21/h2-7,16H,1H3,(H,18,19). The van der Waals surface area contributed by atoms with Crippen molar-refractivity contribution < 1.29 is 14.8 Å². The predicted molar refractivity (Wildman–Crippen MR) is 82.2 cm³/mol. The largest absolute Gasteiger partial charge is 0.477 e. The molecular weight excluding hydrogens is 340 g/mol. The average molecular weight is 351 g/mol. The number of carboxylic acid groups (broad SMARTS) is 1. The molecule has 7 heteroatoms. The molecule has 0 radical (unpaired) electrons. The lowest BCUT2D eigenvalue weighted by Crippen LogP contribution is -2.03. The lowest BCUT2D eigenvalue weighted by molar-refractivity contribution is -0.385. The first kappa shape index (κ1) is 15.0. The van der Waals surface area contributed by atoms with Crippen LogP contribution in [0.3, 0.4) is 0 Å². The third-order valence-corrected chi connectivity index (χ3v) is 3.48. The third-order valence-electron chi connectivity index (χ3n) is 2.83. The number of carbonyl (C=O) groups is 1. The Labute approximate surface area is 128 Å². The maximum atomic E-state index is 11.0. The van der Waals surface area contributed by atoms with Crippen LogP contribution < -0.4 is 5.32 Å². The van der Waals surface area contributed by atoms with Crippen LogP contribution in [0, 0.1) is 17.0 Å². The molecule has 0 aliphatic rings. The molecule has 0 fully saturated rings. The highest BCUT2D eigenvalue weighted by Gasteiger charge is 2.20. The summed E-state index contributed by atoms with van der Waals surface area (Å²) in [7, 11) is 0. The number of benzene rings is 2. The Bertz CT molecular complexity index is 731. The van der Waals surface area contributed by atoms with E-state index in [-0.39, 0.29) is 5.56 Å². The minimum atomic E-state index is -1.33. The molecule has 21 heavy (non-hydrogen) atoms. The monoisotopic (exact) mass is 350 g/mol. The highest BCUT2D eigenvalue weighted by atomic mass is 79.9. The van der Waals surface area contributed by atoms with Crippen LogP contribution in [-0.4, -0.2) is 16.0 Å². The van der Waals surface area contributed by atoms with E-state index in [9.17, 15) is 14.9 Å². The molecule has 6 nitrogen and oxygen atoms in total. The maximum absolute atomic E-state index is 11.0. The Balaban J connectivity index is 2.39. The molecule has 2 rings (SSSR count). The molecule has 2 N–H and O–H groups in total. The third kappa shape index (κ3) is 3.38. The highest BCUT2D eigenvalue weighted by molar-refractivity contribution is 9.10. The van der Waals surface area contributed by atoms with Gasteiger partial charge in [-0.25, -0.2) is 4.79 Å². The number of carboxylic acids is 1. The molecular formula is C14H11BrN2O4. The number of aromatic carboxylic acids is 1. The van der Waals surface area contributed by atoms with E-state index in [0.29, 0.717) is 5.69 Å². The second-order valence-electron chi connectivity index (χ2n) is 4.40. The number of hydrogen-bond donors (Lipinski definition) is 2. The van der Waals surface area contributed by atoms with E-state index < -0.39 is 16.6 Å². The predicted octanol–water partition coefficient (Wildman–Crippen LogP) is 4.11. The average Bonchev–Trinajstić information content (AvgIpc) is 2.41. The summed E-state index contributed by atoms with van der Waals surface area (Å²) in [4.78, 5) is 21.2. The molecule has 0 spiro atoms. The van der Waals surface area contributed by atoms with Crippen LogP contribution in [0.4, 0.5) is 17.1 Å². The Kier molecular flexibility index (Phi) is 4.23. The first-order chi connectivity index (χ1) is 9.88. The summed E-state index contributed by atoms with van der Waals surface area (Å²) in [5.74, 6) is -1.33. The summed E-state index contributed by atoms with van der Waals surface area (Å²) in [5, 5.41) is 22.9. The van der Waals surface area contributed by atoms with Gasteiger partial charge in [0.2, 0.25) is 0 Å². The molecule has 0 atom stereocenters. The molecule has 0 unspecified atom stereocenters. The molecule has 2 aromatic rings. The number of halogens is 1. The number of rotatable bonds is 4. The number of nitrogens with one attached hydrogen (secondary N) is 1. The van der Waals surface area contributed by atoms with Crippen molar-refractivity contribution in [1.29, 1.82) is 0 Å². The molecule has 0 aromatic heterocycles. The Morgan fingerprint density at radius 1 is 1.29 bits per heavy atom. The van der Waals surface area contributed by atoms with Gasteiger partial charge in [0, 0.05) is 16.2 Å². The number of nitro groups is 1. The molecule has 2 aromatic carbocycles. The molecule has 0 saturated carbocycles. The Morgan fingerprint density at radius 3 is 2.57 bits per heavy atom. The van der Waals surface area contributed by atoms with E-state index in [1.165, 1.54) is 18.2 Å². The van der Waals surface area contributed by atoms with E-state index in [4.69, 9.17) is 5.11 Å². The Hall–Kier alpha value is -2.41. The topological polar surface area (TPSA) is 92.5 Å². The molecule has 0 aliphatic heterocycles. The van der Waals surface area contributed by atoms with Crippen molar-refractivity contribution >= 4 is 39.0 Å². The molecule has 0 aliphatic carbocycles. The van der Waals surface area contributed by atoms with Crippen LogP contribution in [0.15, 0.2) is 40.9 Å². The van der Waals surface area contributed by atoms with Crippen molar-refractivity contribution in [3.8, 4) is 0 Å². The number of aryl methyl sites for hydroxylation is 1.